The Morgan fingerprint density at radius 2 is 2.09 bits per heavy atom. The van der Waals surface area contributed by atoms with Crippen molar-refractivity contribution in [3.8, 4) is 0 Å². The van der Waals surface area contributed by atoms with Gasteiger partial charge in [-0.3, -0.25) is 9.59 Å². The van der Waals surface area contributed by atoms with E-state index in [1.807, 2.05) is 0 Å². The van der Waals surface area contributed by atoms with Gasteiger partial charge in [0.2, 0.25) is 11.8 Å². The molecule has 0 N–H and O–H groups in total. The zero-order chi connectivity index (χ0) is 15.8. The highest BCUT2D eigenvalue weighted by Crippen LogP contribution is 2.40. The normalized spacial score (nSPS) is 23.7. The highest BCUT2D eigenvalue weighted by Gasteiger charge is 2.40. The lowest BCUT2D eigenvalue weighted by Crippen LogP contribution is -2.44. The predicted molar refractivity (Wildman–Crippen MR) is 91.0 cm³/mol. The molecule has 1 unspecified atom stereocenters. The van der Waals surface area contributed by atoms with Gasteiger partial charge in [0.1, 0.15) is 6.54 Å². The summed E-state index contributed by atoms with van der Waals surface area (Å²) in [6.07, 6.45) is 5.50. The molecule has 4 nitrogen and oxygen atoms in total. The first-order valence-electron chi connectivity index (χ1n) is 8.48. The smallest absolute Gasteiger partial charge is 0.242 e. The quantitative estimate of drug-likeness (QED) is 0.852. The molecule has 1 aromatic carbocycles. The van der Waals surface area contributed by atoms with Gasteiger partial charge in [0.25, 0.3) is 0 Å². The summed E-state index contributed by atoms with van der Waals surface area (Å²) in [5.41, 5.74) is 2.70. The molecule has 0 radical (unpaired) electrons. The van der Waals surface area contributed by atoms with E-state index in [0.29, 0.717) is 17.7 Å². The Morgan fingerprint density at radius 1 is 1.26 bits per heavy atom. The average Bonchev–Trinajstić information content (AvgIpc) is 3.31. The second-order valence-corrected chi connectivity index (χ2v) is 7.66. The molecule has 0 spiro atoms. The number of nitrogens with zero attached hydrogens (tertiary/aromatic N) is 2. The zero-order valence-corrected chi connectivity index (χ0v) is 14.1. The van der Waals surface area contributed by atoms with Gasteiger partial charge < -0.3 is 9.80 Å². The molecule has 5 heteroatoms. The number of thioether (sulfide) groups is 1. The molecule has 122 valence electrons. The molecule has 1 aliphatic heterocycles. The Morgan fingerprint density at radius 3 is 2.83 bits per heavy atom. The van der Waals surface area contributed by atoms with Crippen LogP contribution in [0.3, 0.4) is 0 Å². The standard InChI is InChI=1S/C18H22N2O2S/c21-17(10-19-12-23-11-18(19)22)20(14-8-9-14)16-7-3-5-13-4-1-2-6-15(13)16/h1-2,4,6,14,16H,3,5,7-12H2. The van der Waals surface area contributed by atoms with Crippen molar-refractivity contribution in [2.45, 2.75) is 44.2 Å². The van der Waals surface area contributed by atoms with E-state index in [1.165, 1.54) is 11.1 Å². The molecule has 1 saturated carbocycles. The fraction of sp³-hybridized carbons (Fsp3) is 0.556. The SMILES string of the molecule is O=C1CSCN1CC(=O)N(C1CC1)C1CCCc2ccccc21. The van der Waals surface area contributed by atoms with Crippen LogP contribution in [0.1, 0.15) is 42.9 Å². The van der Waals surface area contributed by atoms with E-state index in [2.05, 4.69) is 29.2 Å². The van der Waals surface area contributed by atoms with Crippen molar-refractivity contribution in [1.29, 1.82) is 0 Å². The Labute approximate surface area is 141 Å². The van der Waals surface area contributed by atoms with Crippen LogP contribution >= 0.6 is 11.8 Å². The molecular weight excluding hydrogens is 308 g/mol. The number of carbonyl (C=O) groups excluding carboxylic acids is 2. The van der Waals surface area contributed by atoms with E-state index in [4.69, 9.17) is 0 Å². The van der Waals surface area contributed by atoms with E-state index in [1.54, 1.807) is 16.7 Å². The van der Waals surface area contributed by atoms with Gasteiger partial charge in [-0.05, 0) is 43.2 Å². The van der Waals surface area contributed by atoms with E-state index in [-0.39, 0.29) is 24.4 Å². The number of hydrogen-bond acceptors (Lipinski definition) is 3. The van der Waals surface area contributed by atoms with Crippen LogP contribution in [0.15, 0.2) is 24.3 Å². The minimum Gasteiger partial charge on any atom is -0.331 e. The van der Waals surface area contributed by atoms with Crippen molar-refractivity contribution in [3.05, 3.63) is 35.4 Å². The lowest BCUT2D eigenvalue weighted by molar-refractivity contribution is -0.140. The van der Waals surface area contributed by atoms with Crippen molar-refractivity contribution in [1.82, 2.24) is 9.80 Å². The van der Waals surface area contributed by atoms with Gasteiger partial charge in [-0.15, -0.1) is 11.8 Å². The summed E-state index contributed by atoms with van der Waals surface area (Å²) in [6.45, 7) is 0.251. The molecule has 1 aromatic rings. The third-order valence-electron chi connectivity index (χ3n) is 5.05. The Kier molecular flexibility index (Phi) is 4.05. The van der Waals surface area contributed by atoms with Crippen molar-refractivity contribution < 1.29 is 9.59 Å². The Balaban J connectivity index is 1.57. The second-order valence-electron chi connectivity index (χ2n) is 6.71. The third kappa shape index (κ3) is 2.99. The van der Waals surface area contributed by atoms with Crippen molar-refractivity contribution in [2.75, 3.05) is 18.2 Å². The first-order chi connectivity index (χ1) is 11.2. The second kappa shape index (κ2) is 6.19. The van der Waals surface area contributed by atoms with Crippen LogP contribution in [0.4, 0.5) is 0 Å². The van der Waals surface area contributed by atoms with E-state index in [9.17, 15) is 9.59 Å². The van der Waals surface area contributed by atoms with Crippen LogP contribution in [0.2, 0.25) is 0 Å². The monoisotopic (exact) mass is 330 g/mol. The molecule has 1 heterocycles. The molecule has 23 heavy (non-hydrogen) atoms. The Hall–Kier alpha value is -1.49. The number of amides is 2. The highest BCUT2D eigenvalue weighted by molar-refractivity contribution is 8.00. The topological polar surface area (TPSA) is 40.6 Å². The highest BCUT2D eigenvalue weighted by atomic mass is 32.2. The van der Waals surface area contributed by atoms with Crippen molar-refractivity contribution in [3.63, 3.8) is 0 Å². The van der Waals surface area contributed by atoms with Crippen LogP contribution in [0.25, 0.3) is 0 Å². The summed E-state index contributed by atoms with van der Waals surface area (Å²) in [5.74, 6) is 1.40. The number of hydrogen-bond donors (Lipinski definition) is 0. The van der Waals surface area contributed by atoms with Gasteiger partial charge >= 0.3 is 0 Å². The Bertz CT molecular complexity index is 629. The van der Waals surface area contributed by atoms with Gasteiger partial charge in [-0.2, -0.15) is 0 Å². The van der Waals surface area contributed by atoms with Crippen LogP contribution in [-0.4, -0.2) is 45.8 Å². The largest absolute Gasteiger partial charge is 0.331 e. The molecule has 3 aliphatic rings. The van der Waals surface area contributed by atoms with Crippen LogP contribution < -0.4 is 0 Å². The maximum Gasteiger partial charge on any atom is 0.242 e. The lowest BCUT2D eigenvalue weighted by atomic mass is 9.86. The summed E-state index contributed by atoms with van der Waals surface area (Å²) < 4.78 is 0. The lowest BCUT2D eigenvalue weighted by Gasteiger charge is -2.37. The molecule has 1 saturated heterocycles. The van der Waals surface area contributed by atoms with E-state index in [0.717, 1.165) is 32.1 Å². The minimum atomic E-state index is 0.100. The first kappa shape index (κ1) is 15.1. The zero-order valence-electron chi connectivity index (χ0n) is 13.2. The fourth-order valence-electron chi connectivity index (χ4n) is 3.79. The summed E-state index contributed by atoms with van der Waals surface area (Å²) in [6, 6.07) is 9.11. The average molecular weight is 330 g/mol. The molecule has 0 aromatic heterocycles. The van der Waals surface area contributed by atoms with Crippen LogP contribution in [-0.2, 0) is 16.0 Å². The van der Waals surface area contributed by atoms with E-state index < -0.39 is 0 Å². The molecule has 4 rings (SSSR count). The number of benzene rings is 1. The van der Waals surface area contributed by atoms with Gasteiger partial charge in [0.05, 0.1) is 17.7 Å². The maximum absolute atomic E-state index is 13.0. The molecule has 0 bridgehead atoms. The number of aryl methyl sites for hydroxylation is 1. The minimum absolute atomic E-state index is 0.100. The summed E-state index contributed by atoms with van der Waals surface area (Å²) in [7, 11) is 0. The molecular formula is C18H22N2O2S. The first-order valence-corrected chi connectivity index (χ1v) is 9.64. The molecule has 2 fully saturated rings. The van der Waals surface area contributed by atoms with Crippen LogP contribution in [0.5, 0.6) is 0 Å². The molecule has 1 atom stereocenters. The van der Waals surface area contributed by atoms with E-state index >= 15 is 0 Å². The van der Waals surface area contributed by atoms with Gasteiger partial charge in [0, 0.05) is 6.04 Å². The van der Waals surface area contributed by atoms with Crippen molar-refractivity contribution in [2.24, 2.45) is 0 Å². The van der Waals surface area contributed by atoms with Crippen molar-refractivity contribution >= 4 is 23.6 Å². The van der Waals surface area contributed by atoms with Gasteiger partial charge in [-0.1, -0.05) is 24.3 Å². The van der Waals surface area contributed by atoms with Gasteiger partial charge in [0.15, 0.2) is 0 Å². The number of rotatable bonds is 4. The third-order valence-corrected chi connectivity index (χ3v) is 6.00. The summed E-state index contributed by atoms with van der Waals surface area (Å²) in [5, 5.41) is 0. The van der Waals surface area contributed by atoms with Crippen LogP contribution in [0, 0.1) is 0 Å². The number of fused-ring (bicyclic) bond motifs is 1. The summed E-state index contributed by atoms with van der Waals surface area (Å²) >= 11 is 1.60. The molecule has 2 aliphatic carbocycles. The summed E-state index contributed by atoms with van der Waals surface area (Å²) in [4.78, 5) is 28.6. The maximum atomic E-state index is 13.0. The van der Waals surface area contributed by atoms with Gasteiger partial charge in [-0.25, -0.2) is 0 Å². The fourth-order valence-corrected chi connectivity index (χ4v) is 4.69. The molecule has 2 amide bonds. The number of carbonyl (C=O) groups is 2. The predicted octanol–water partition coefficient (Wildman–Crippen LogP) is 2.59.